The Morgan fingerprint density at radius 2 is 2.54 bits per heavy atom. The van der Waals surface area contributed by atoms with Crippen molar-refractivity contribution in [1.29, 1.82) is 0 Å². The fourth-order valence-corrected chi connectivity index (χ4v) is 1.91. The topological polar surface area (TPSA) is 38.3 Å². The second kappa shape index (κ2) is 3.24. The molecule has 0 amide bonds. The largest absolute Gasteiger partial charge is 0.467 e. The monoisotopic (exact) mass is 179 g/mol. The van der Waals surface area contributed by atoms with Gasteiger partial charge in [0.25, 0.3) is 0 Å². The highest BCUT2D eigenvalue weighted by molar-refractivity contribution is 5.76. The molecule has 1 saturated heterocycles. The van der Waals surface area contributed by atoms with E-state index >= 15 is 0 Å². The highest BCUT2D eigenvalue weighted by atomic mass is 16.5. The lowest BCUT2D eigenvalue weighted by atomic mass is 9.96. The van der Waals surface area contributed by atoms with Gasteiger partial charge in [-0.2, -0.15) is 0 Å². The Morgan fingerprint density at radius 3 is 3.23 bits per heavy atom. The summed E-state index contributed by atoms with van der Waals surface area (Å²) in [5.74, 6) is 0.337. The van der Waals surface area contributed by atoms with Gasteiger partial charge in [-0.05, 0) is 18.9 Å². The molecular weight excluding hydrogens is 166 g/mol. The summed E-state index contributed by atoms with van der Waals surface area (Å²) in [5.41, 5.74) is 1.18. The van der Waals surface area contributed by atoms with Crippen LogP contribution in [0.2, 0.25) is 0 Å². The van der Waals surface area contributed by atoms with E-state index in [1.54, 1.807) is 0 Å². The molecule has 0 aromatic carbocycles. The Kier molecular flexibility index (Phi) is 2.08. The SMILES string of the molecule is COC(=O)C1CC2CC=CC=C2N1. The van der Waals surface area contributed by atoms with E-state index < -0.39 is 0 Å². The maximum atomic E-state index is 11.2. The van der Waals surface area contributed by atoms with Crippen LogP contribution >= 0.6 is 0 Å². The molecular formula is C10H13NO2. The predicted octanol–water partition coefficient (Wildman–Crippen LogP) is 0.981. The minimum atomic E-state index is -0.157. The van der Waals surface area contributed by atoms with Crippen LogP contribution in [0.1, 0.15) is 12.8 Å². The molecule has 3 heteroatoms. The number of ether oxygens (including phenoxy) is 1. The zero-order valence-electron chi connectivity index (χ0n) is 7.62. The average molecular weight is 179 g/mol. The maximum absolute atomic E-state index is 11.2. The molecule has 0 radical (unpaired) electrons. The molecule has 2 unspecified atom stereocenters. The lowest BCUT2D eigenvalue weighted by Crippen LogP contribution is -2.30. The molecule has 13 heavy (non-hydrogen) atoms. The van der Waals surface area contributed by atoms with E-state index in [-0.39, 0.29) is 12.0 Å². The van der Waals surface area contributed by atoms with Gasteiger partial charge in [0.2, 0.25) is 0 Å². The summed E-state index contributed by atoms with van der Waals surface area (Å²) in [6.07, 6.45) is 8.10. The second-order valence-electron chi connectivity index (χ2n) is 3.44. The number of allylic oxidation sites excluding steroid dienone is 4. The lowest BCUT2D eigenvalue weighted by molar-refractivity contribution is -0.142. The van der Waals surface area contributed by atoms with E-state index in [2.05, 4.69) is 11.4 Å². The molecule has 0 aromatic heterocycles. The van der Waals surface area contributed by atoms with Gasteiger partial charge in [0.05, 0.1) is 7.11 Å². The summed E-state index contributed by atoms with van der Waals surface area (Å²) in [5, 5.41) is 3.18. The van der Waals surface area contributed by atoms with E-state index in [0.717, 1.165) is 12.8 Å². The number of hydrogen-bond donors (Lipinski definition) is 1. The number of esters is 1. The first-order chi connectivity index (χ1) is 6.31. The first-order valence-electron chi connectivity index (χ1n) is 4.52. The summed E-state index contributed by atoms with van der Waals surface area (Å²) in [6, 6.07) is -0.138. The molecule has 1 aliphatic carbocycles. The number of carbonyl (C=O) groups is 1. The number of nitrogens with one attached hydrogen (secondary N) is 1. The molecule has 2 aliphatic rings. The van der Waals surface area contributed by atoms with Gasteiger partial charge >= 0.3 is 5.97 Å². The number of carbonyl (C=O) groups excluding carboxylic acids is 1. The van der Waals surface area contributed by atoms with Crippen molar-refractivity contribution in [1.82, 2.24) is 5.32 Å². The van der Waals surface area contributed by atoms with Crippen LogP contribution in [0.15, 0.2) is 23.9 Å². The predicted molar refractivity (Wildman–Crippen MR) is 48.9 cm³/mol. The molecule has 0 saturated carbocycles. The third-order valence-electron chi connectivity index (χ3n) is 2.62. The van der Waals surface area contributed by atoms with Crippen molar-refractivity contribution in [2.75, 3.05) is 7.11 Å². The molecule has 1 aliphatic heterocycles. The number of fused-ring (bicyclic) bond motifs is 1. The van der Waals surface area contributed by atoms with Crippen molar-refractivity contribution >= 4 is 5.97 Å². The molecule has 3 nitrogen and oxygen atoms in total. The Hall–Kier alpha value is -1.25. The van der Waals surface area contributed by atoms with Gasteiger partial charge in [-0.1, -0.05) is 12.2 Å². The van der Waals surface area contributed by atoms with E-state index in [1.807, 2.05) is 12.2 Å². The van der Waals surface area contributed by atoms with Crippen molar-refractivity contribution in [3.63, 3.8) is 0 Å². The summed E-state index contributed by atoms with van der Waals surface area (Å²) < 4.78 is 4.69. The van der Waals surface area contributed by atoms with Gasteiger partial charge in [-0.25, -0.2) is 4.79 Å². The van der Waals surface area contributed by atoms with Crippen molar-refractivity contribution in [2.45, 2.75) is 18.9 Å². The average Bonchev–Trinajstić information content (AvgIpc) is 2.59. The summed E-state index contributed by atoms with van der Waals surface area (Å²) >= 11 is 0. The number of rotatable bonds is 1. The third kappa shape index (κ3) is 1.46. The standard InChI is InChI=1S/C10H13NO2/c1-13-10(12)9-6-7-4-2-3-5-8(7)11-9/h2-3,5,7,9,11H,4,6H2,1H3. The smallest absolute Gasteiger partial charge is 0.328 e. The Morgan fingerprint density at radius 1 is 1.69 bits per heavy atom. The first kappa shape index (κ1) is 8.35. The van der Waals surface area contributed by atoms with Gasteiger partial charge < -0.3 is 10.1 Å². The van der Waals surface area contributed by atoms with Crippen LogP contribution in [-0.2, 0) is 9.53 Å². The summed E-state index contributed by atoms with van der Waals surface area (Å²) in [6.45, 7) is 0. The van der Waals surface area contributed by atoms with Gasteiger partial charge in [-0.3, -0.25) is 0 Å². The Labute approximate surface area is 77.5 Å². The van der Waals surface area contributed by atoms with Crippen LogP contribution in [0.5, 0.6) is 0 Å². The van der Waals surface area contributed by atoms with Gasteiger partial charge in [0.15, 0.2) is 0 Å². The van der Waals surface area contributed by atoms with Crippen LogP contribution in [0.25, 0.3) is 0 Å². The zero-order chi connectivity index (χ0) is 9.26. The van der Waals surface area contributed by atoms with Crippen LogP contribution in [0.3, 0.4) is 0 Å². The van der Waals surface area contributed by atoms with Crippen LogP contribution in [0.4, 0.5) is 0 Å². The fraction of sp³-hybridized carbons (Fsp3) is 0.500. The fourth-order valence-electron chi connectivity index (χ4n) is 1.91. The molecule has 2 atom stereocenters. The normalized spacial score (nSPS) is 30.4. The zero-order valence-corrected chi connectivity index (χ0v) is 7.62. The van der Waals surface area contributed by atoms with E-state index in [4.69, 9.17) is 4.74 Å². The van der Waals surface area contributed by atoms with Crippen LogP contribution in [0, 0.1) is 5.92 Å². The van der Waals surface area contributed by atoms with E-state index in [1.165, 1.54) is 12.8 Å². The van der Waals surface area contributed by atoms with Crippen molar-refractivity contribution in [2.24, 2.45) is 5.92 Å². The van der Waals surface area contributed by atoms with Crippen LogP contribution in [-0.4, -0.2) is 19.1 Å². The third-order valence-corrected chi connectivity index (χ3v) is 2.62. The Balaban J connectivity index is 2.06. The highest BCUT2D eigenvalue weighted by Crippen LogP contribution is 2.29. The molecule has 0 spiro atoms. The maximum Gasteiger partial charge on any atom is 0.328 e. The molecule has 1 N–H and O–H groups in total. The van der Waals surface area contributed by atoms with Crippen molar-refractivity contribution < 1.29 is 9.53 Å². The number of methoxy groups -OCH3 is 1. The summed E-state index contributed by atoms with van der Waals surface area (Å²) in [7, 11) is 1.43. The molecule has 1 fully saturated rings. The van der Waals surface area contributed by atoms with E-state index in [0.29, 0.717) is 5.92 Å². The minimum absolute atomic E-state index is 0.138. The molecule has 2 rings (SSSR count). The molecule has 0 aromatic rings. The van der Waals surface area contributed by atoms with Gasteiger partial charge in [0.1, 0.15) is 6.04 Å². The van der Waals surface area contributed by atoms with Gasteiger partial charge in [0, 0.05) is 11.6 Å². The van der Waals surface area contributed by atoms with Crippen molar-refractivity contribution in [3.8, 4) is 0 Å². The van der Waals surface area contributed by atoms with E-state index in [9.17, 15) is 4.79 Å². The highest BCUT2D eigenvalue weighted by Gasteiger charge is 2.33. The summed E-state index contributed by atoms with van der Waals surface area (Å²) in [4.78, 5) is 11.2. The Bertz CT molecular complexity index is 281. The molecule has 70 valence electrons. The first-order valence-corrected chi connectivity index (χ1v) is 4.52. The van der Waals surface area contributed by atoms with Crippen LogP contribution < -0.4 is 5.32 Å². The molecule has 0 bridgehead atoms. The van der Waals surface area contributed by atoms with Crippen molar-refractivity contribution in [3.05, 3.63) is 23.9 Å². The van der Waals surface area contributed by atoms with Gasteiger partial charge in [-0.15, -0.1) is 0 Å². The molecule has 1 heterocycles. The quantitative estimate of drug-likeness (QED) is 0.610. The second-order valence-corrected chi connectivity index (χ2v) is 3.44. The minimum Gasteiger partial charge on any atom is -0.467 e. The number of hydrogen-bond acceptors (Lipinski definition) is 3. The lowest BCUT2D eigenvalue weighted by Gasteiger charge is -2.10.